The zero-order chi connectivity index (χ0) is 14.9. The largest absolute Gasteiger partial charge is 0.399 e. The molecule has 0 saturated heterocycles. The summed E-state index contributed by atoms with van der Waals surface area (Å²) in [6.07, 6.45) is 2.74. The van der Waals surface area contributed by atoms with Gasteiger partial charge in [-0.1, -0.05) is 13.8 Å². The molecule has 0 radical (unpaired) electrons. The van der Waals surface area contributed by atoms with Gasteiger partial charge in [-0.25, -0.2) is 17.5 Å². The molecule has 2 atom stereocenters. The van der Waals surface area contributed by atoms with E-state index < -0.39 is 15.8 Å². The van der Waals surface area contributed by atoms with Crippen LogP contribution < -0.4 is 10.5 Å². The van der Waals surface area contributed by atoms with E-state index >= 15 is 0 Å². The molecule has 1 aliphatic carbocycles. The lowest BCUT2D eigenvalue weighted by molar-refractivity contribution is 0.257. The molecule has 4 nitrogen and oxygen atoms in total. The summed E-state index contributed by atoms with van der Waals surface area (Å²) in [7, 11) is -3.72. The van der Waals surface area contributed by atoms with Crippen LogP contribution in [0.15, 0.2) is 23.1 Å². The van der Waals surface area contributed by atoms with Crippen molar-refractivity contribution in [1.29, 1.82) is 0 Å². The number of benzene rings is 1. The summed E-state index contributed by atoms with van der Waals surface area (Å²) >= 11 is 0. The van der Waals surface area contributed by atoms with Gasteiger partial charge < -0.3 is 5.73 Å². The third-order valence-electron chi connectivity index (χ3n) is 3.70. The highest BCUT2D eigenvalue weighted by Crippen LogP contribution is 2.29. The van der Waals surface area contributed by atoms with E-state index in [1.54, 1.807) is 0 Å². The van der Waals surface area contributed by atoms with Crippen molar-refractivity contribution in [2.24, 2.45) is 11.8 Å². The van der Waals surface area contributed by atoms with Crippen LogP contribution >= 0.6 is 0 Å². The van der Waals surface area contributed by atoms with Gasteiger partial charge in [0.05, 0.1) is 4.90 Å². The van der Waals surface area contributed by atoms with E-state index in [1.807, 2.05) is 0 Å². The highest BCUT2D eigenvalue weighted by atomic mass is 32.2. The Morgan fingerprint density at radius 1 is 1.15 bits per heavy atom. The smallest absolute Gasteiger partial charge is 0.240 e. The van der Waals surface area contributed by atoms with Crippen LogP contribution in [0.4, 0.5) is 10.1 Å². The number of nitrogens with one attached hydrogen (secondary N) is 1. The Labute approximate surface area is 119 Å². The quantitative estimate of drug-likeness (QED) is 0.843. The highest BCUT2D eigenvalue weighted by molar-refractivity contribution is 7.89. The number of nitrogen functional groups attached to an aromatic ring is 1. The lowest BCUT2D eigenvalue weighted by Gasteiger charge is -2.31. The van der Waals surface area contributed by atoms with E-state index in [0.29, 0.717) is 11.8 Å². The number of rotatable bonds is 3. The van der Waals surface area contributed by atoms with Gasteiger partial charge in [0.1, 0.15) is 5.82 Å². The molecule has 0 aromatic heterocycles. The minimum absolute atomic E-state index is 0.0942. The fourth-order valence-electron chi connectivity index (χ4n) is 3.07. The van der Waals surface area contributed by atoms with Gasteiger partial charge in [0.15, 0.2) is 0 Å². The van der Waals surface area contributed by atoms with Gasteiger partial charge in [-0.05, 0) is 49.3 Å². The van der Waals surface area contributed by atoms with Gasteiger partial charge in [0.2, 0.25) is 10.0 Å². The first-order valence-electron chi connectivity index (χ1n) is 6.84. The zero-order valence-electron chi connectivity index (χ0n) is 11.8. The van der Waals surface area contributed by atoms with Crippen LogP contribution in [-0.2, 0) is 10.0 Å². The van der Waals surface area contributed by atoms with E-state index in [0.717, 1.165) is 31.4 Å². The molecule has 20 heavy (non-hydrogen) atoms. The SMILES string of the molecule is CC1CC(C)CC(NS(=O)(=O)c2cc(N)cc(F)c2)C1. The van der Waals surface area contributed by atoms with E-state index in [2.05, 4.69) is 18.6 Å². The third-order valence-corrected chi connectivity index (χ3v) is 5.20. The molecule has 0 aliphatic heterocycles. The van der Waals surface area contributed by atoms with Crippen molar-refractivity contribution >= 4 is 15.7 Å². The predicted octanol–water partition coefficient (Wildman–Crippen LogP) is 2.51. The Morgan fingerprint density at radius 2 is 1.75 bits per heavy atom. The van der Waals surface area contributed by atoms with E-state index in [4.69, 9.17) is 5.73 Å². The fraction of sp³-hybridized carbons (Fsp3) is 0.571. The van der Waals surface area contributed by atoms with Gasteiger partial charge in [0.25, 0.3) is 0 Å². The van der Waals surface area contributed by atoms with Crippen molar-refractivity contribution in [3.05, 3.63) is 24.0 Å². The Balaban J connectivity index is 2.18. The molecule has 1 aromatic carbocycles. The normalized spacial score (nSPS) is 27.4. The maximum absolute atomic E-state index is 13.3. The minimum Gasteiger partial charge on any atom is -0.399 e. The van der Waals surface area contributed by atoms with E-state index in [-0.39, 0.29) is 16.6 Å². The minimum atomic E-state index is -3.72. The lowest BCUT2D eigenvalue weighted by atomic mass is 9.81. The third kappa shape index (κ3) is 3.70. The molecule has 0 heterocycles. The molecule has 2 unspecified atom stereocenters. The van der Waals surface area contributed by atoms with Crippen LogP contribution in [0.5, 0.6) is 0 Å². The van der Waals surface area contributed by atoms with Crippen molar-refractivity contribution in [3.63, 3.8) is 0 Å². The van der Waals surface area contributed by atoms with Crippen molar-refractivity contribution in [1.82, 2.24) is 4.72 Å². The van der Waals surface area contributed by atoms with Crippen molar-refractivity contribution in [2.45, 2.75) is 44.0 Å². The first kappa shape index (κ1) is 15.3. The van der Waals surface area contributed by atoms with Crippen LogP contribution in [0, 0.1) is 17.7 Å². The molecule has 6 heteroatoms. The Morgan fingerprint density at radius 3 is 2.30 bits per heavy atom. The topological polar surface area (TPSA) is 72.2 Å². The monoisotopic (exact) mass is 300 g/mol. The summed E-state index contributed by atoms with van der Waals surface area (Å²) in [5.41, 5.74) is 5.61. The molecular formula is C14H21FN2O2S. The number of sulfonamides is 1. The second kappa shape index (κ2) is 5.69. The maximum atomic E-state index is 13.3. The molecule has 0 bridgehead atoms. The molecular weight excluding hydrogens is 279 g/mol. The van der Waals surface area contributed by atoms with Crippen molar-refractivity contribution in [3.8, 4) is 0 Å². The Kier molecular flexibility index (Phi) is 4.34. The average Bonchev–Trinajstić information content (AvgIpc) is 2.25. The van der Waals surface area contributed by atoms with Crippen molar-refractivity contribution in [2.75, 3.05) is 5.73 Å². The molecule has 0 amide bonds. The van der Waals surface area contributed by atoms with Crippen LogP contribution in [0.3, 0.4) is 0 Å². The standard InChI is InChI=1S/C14H21FN2O2S/c1-9-3-10(2)5-13(4-9)17-20(18,19)14-7-11(15)6-12(16)8-14/h6-10,13,17H,3-5,16H2,1-2H3. The molecule has 112 valence electrons. The lowest BCUT2D eigenvalue weighted by Crippen LogP contribution is -2.40. The number of nitrogens with two attached hydrogens (primary N) is 1. The van der Waals surface area contributed by atoms with Crippen LogP contribution in [0.1, 0.15) is 33.1 Å². The number of hydrogen-bond donors (Lipinski definition) is 2. The highest BCUT2D eigenvalue weighted by Gasteiger charge is 2.28. The Hall–Kier alpha value is -1.14. The number of hydrogen-bond acceptors (Lipinski definition) is 3. The summed E-state index contributed by atoms with van der Waals surface area (Å²) in [6, 6.07) is 3.28. The van der Waals surface area contributed by atoms with Gasteiger partial charge >= 0.3 is 0 Å². The molecule has 1 saturated carbocycles. The summed E-state index contributed by atoms with van der Waals surface area (Å²) in [5, 5.41) is 0. The number of anilines is 1. The van der Waals surface area contributed by atoms with Crippen LogP contribution in [0.25, 0.3) is 0 Å². The number of halogens is 1. The summed E-state index contributed by atoms with van der Waals surface area (Å²) in [5.74, 6) is 0.337. The van der Waals surface area contributed by atoms with E-state index in [9.17, 15) is 12.8 Å². The molecule has 2 rings (SSSR count). The van der Waals surface area contributed by atoms with Gasteiger partial charge in [-0.3, -0.25) is 0 Å². The summed E-state index contributed by atoms with van der Waals surface area (Å²) < 4.78 is 40.5. The first-order chi connectivity index (χ1) is 9.26. The summed E-state index contributed by atoms with van der Waals surface area (Å²) in [4.78, 5) is -0.110. The fourth-order valence-corrected chi connectivity index (χ4v) is 4.40. The Bertz CT molecular complexity index is 559. The van der Waals surface area contributed by atoms with Gasteiger partial charge in [0, 0.05) is 11.7 Å². The average molecular weight is 300 g/mol. The predicted molar refractivity (Wildman–Crippen MR) is 77.1 cm³/mol. The van der Waals surface area contributed by atoms with Crippen molar-refractivity contribution < 1.29 is 12.8 Å². The molecule has 0 spiro atoms. The molecule has 3 N–H and O–H groups in total. The molecule has 1 fully saturated rings. The molecule has 1 aliphatic rings. The second-order valence-corrected chi connectivity index (χ2v) is 7.67. The zero-order valence-corrected chi connectivity index (χ0v) is 12.6. The van der Waals surface area contributed by atoms with E-state index in [1.165, 1.54) is 6.07 Å². The molecule has 1 aromatic rings. The first-order valence-corrected chi connectivity index (χ1v) is 8.33. The second-order valence-electron chi connectivity index (χ2n) is 5.96. The van der Waals surface area contributed by atoms with Gasteiger partial charge in [-0.15, -0.1) is 0 Å². The maximum Gasteiger partial charge on any atom is 0.240 e. The summed E-state index contributed by atoms with van der Waals surface area (Å²) in [6.45, 7) is 4.24. The van der Waals surface area contributed by atoms with Gasteiger partial charge in [-0.2, -0.15) is 0 Å². The van der Waals surface area contributed by atoms with Crippen LogP contribution in [-0.4, -0.2) is 14.5 Å². The van der Waals surface area contributed by atoms with Crippen LogP contribution in [0.2, 0.25) is 0 Å².